The summed E-state index contributed by atoms with van der Waals surface area (Å²) in [5.74, 6) is -2.12. The Morgan fingerprint density at radius 1 is 1.11 bits per heavy atom. The first-order chi connectivity index (χ1) is 17.7. The third kappa shape index (κ3) is 4.77. The van der Waals surface area contributed by atoms with Crippen molar-refractivity contribution in [3.05, 3.63) is 83.2 Å². The molecule has 0 spiro atoms. The van der Waals surface area contributed by atoms with Gasteiger partial charge in [0, 0.05) is 42.3 Å². The summed E-state index contributed by atoms with van der Waals surface area (Å²) in [6, 6.07) is 12.0. The van der Waals surface area contributed by atoms with Crippen molar-refractivity contribution in [1.82, 2.24) is 20.2 Å². The minimum Gasteiger partial charge on any atom is -0.364 e. The molecule has 3 heterocycles. The van der Waals surface area contributed by atoms with Gasteiger partial charge in [-0.25, -0.2) is 13.8 Å². The van der Waals surface area contributed by atoms with Crippen molar-refractivity contribution in [3.8, 4) is 22.4 Å². The van der Waals surface area contributed by atoms with Gasteiger partial charge in [-0.3, -0.25) is 14.6 Å². The number of nitrogens with two attached hydrogens (primary N) is 1. The molecule has 5 rings (SSSR count). The Balaban J connectivity index is 1.73. The minimum atomic E-state index is -0.783. The average molecular weight is 502 g/mol. The van der Waals surface area contributed by atoms with E-state index in [9.17, 15) is 18.4 Å². The van der Waals surface area contributed by atoms with Gasteiger partial charge in [0.1, 0.15) is 23.0 Å². The number of carbonyl (C=O) groups excluding carboxylic acids is 2. The molecule has 0 unspecified atom stereocenters. The summed E-state index contributed by atoms with van der Waals surface area (Å²) in [7, 11) is 1.72. The molecule has 3 N–H and O–H groups in total. The van der Waals surface area contributed by atoms with Crippen LogP contribution in [-0.2, 0) is 0 Å². The van der Waals surface area contributed by atoms with Gasteiger partial charge in [-0.1, -0.05) is 12.1 Å². The number of amides is 2. The van der Waals surface area contributed by atoms with Crippen molar-refractivity contribution in [1.29, 1.82) is 0 Å². The molecule has 2 aromatic heterocycles. The fourth-order valence-corrected chi connectivity index (χ4v) is 4.57. The second-order valence-corrected chi connectivity index (χ2v) is 9.31. The Labute approximate surface area is 212 Å². The number of hydrogen-bond acceptors (Lipinski definition) is 5. The van der Waals surface area contributed by atoms with Gasteiger partial charge in [-0.15, -0.1) is 0 Å². The number of fused-ring (bicyclic) bond motifs is 1. The number of aromatic nitrogens is 2. The maximum absolute atomic E-state index is 14.8. The summed E-state index contributed by atoms with van der Waals surface area (Å²) in [6.07, 6.45) is 2.53. The number of pyridine rings is 2. The summed E-state index contributed by atoms with van der Waals surface area (Å²) in [5, 5.41) is 3.75. The smallest absolute Gasteiger partial charge is 0.267 e. The van der Waals surface area contributed by atoms with Gasteiger partial charge in [0.25, 0.3) is 11.8 Å². The van der Waals surface area contributed by atoms with Crippen molar-refractivity contribution >= 4 is 22.7 Å². The van der Waals surface area contributed by atoms with Crippen molar-refractivity contribution in [2.45, 2.75) is 19.4 Å². The highest BCUT2D eigenvalue weighted by molar-refractivity contribution is 6.12. The summed E-state index contributed by atoms with van der Waals surface area (Å²) in [5.41, 5.74) is 8.04. The van der Waals surface area contributed by atoms with Gasteiger partial charge in [0.2, 0.25) is 0 Å². The Morgan fingerprint density at radius 2 is 1.89 bits per heavy atom. The first-order valence-electron chi connectivity index (χ1n) is 11.9. The molecule has 1 aliphatic rings. The van der Waals surface area contributed by atoms with E-state index in [0.717, 1.165) is 19.0 Å². The average Bonchev–Trinajstić information content (AvgIpc) is 2.84. The van der Waals surface area contributed by atoms with Crippen molar-refractivity contribution in [3.63, 3.8) is 0 Å². The monoisotopic (exact) mass is 501 g/mol. The second kappa shape index (κ2) is 9.67. The van der Waals surface area contributed by atoms with Crippen molar-refractivity contribution < 1.29 is 18.4 Å². The topological polar surface area (TPSA) is 101 Å². The maximum Gasteiger partial charge on any atom is 0.267 e. The second-order valence-electron chi connectivity index (χ2n) is 9.31. The zero-order valence-corrected chi connectivity index (χ0v) is 20.4. The number of aryl methyl sites for hydroxylation is 1. The van der Waals surface area contributed by atoms with E-state index in [1.54, 1.807) is 49.3 Å². The van der Waals surface area contributed by atoms with Gasteiger partial charge >= 0.3 is 0 Å². The molecule has 9 heteroatoms. The van der Waals surface area contributed by atoms with Gasteiger partial charge in [-0.05, 0) is 67.4 Å². The zero-order valence-electron chi connectivity index (χ0n) is 20.4. The van der Waals surface area contributed by atoms with E-state index in [-0.39, 0.29) is 23.3 Å². The van der Waals surface area contributed by atoms with E-state index in [1.807, 2.05) is 0 Å². The molecule has 4 aromatic rings. The van der Waals surface area contributed by atoms with Crippen molar-refractivity contribution in [2.24, 2.45) is 5.73 Å². The Bertz CT molecular complexity index is 1530. The molecule has 0 saturated carbocycles. The first kappa shape index (κ1) is 24.5. The van der Waals surface area contributed by atoms with Crippen molar-refractivity contribution in [2.75, 3.05) is 20.1 Å². The molecule has 1 aliphatic heterocycles. The fraction of sp³-hybridized carbons (Fsp3) is 0.214. The molecule has 37 heavy (non-hydrogen) atoms. The van der Waals surface area contributed by atoms with Crippen LogP contribution >= 0.6 is 0 Å². The van der Waals surface area contributed by atoms with Crippen LogP contribution < -0.4 is 11.1 Å². The van der Waals surface area contributed by atoms with Crippen LogP contribution in [0.5, 0.6) is 0 Å². The highest BCUT2D eigenvalue weighted by atomic mass is 19.1. The van der Waals surface area contributed by atoms with Crippen LogP contribution in [0.2, 0.25) is 0 Å². The Kier molecular flexibility index (Phi) is 6.39. The number of benzene rings is 2. The molecule has 1 atom stereocenters. The standard InChI is InChI=1S/C28H25F2N5O2/c1-15-9-17(11-18(29)10-15)21-13-33-23-5-3-16(26-22(30)4-6-24(34-26)27(31)36)12-20(23)25(21)28(37)35(2)14-19-7-8-32-19/h3-6,9-13,19,32H,7-8,14H2,1-2H3,(H2,31,36)/t19-/m0/s1. The normalized spacial score (nSPS) is 14.9. The highest BCUT2D eigenvalue weighted by Gasteiger charge is 2.26. The zero-order chi connectivity index (χ0) is 26.3. The largest absolute Gasteiger partial charge is 0.364 e. The van der Waals surface area contributed by atoms with Crippen LogP contribution in [0.25, 0.3) is 33.3 Å². The summed E-state index contributed by atoms with van der Waals surface area (Å²) < 4.78 is 29.1. The molecule has 0 bridgehead atoms. The molecule has 0 radical (unpaired) electrons. The van der Waals surface area contributed by atoms with Gasteiger partial charge < -0.3 is 16.0 Å². The molecule has 1 fully saturated rings. The van der Waals surface area contributed by atoms with Gasteiger partial charge in [0.15, 0.2) is 0 Å². The summed E-state index contributed by atoms with van der Waals surface area (Å²) in [4.78, 5) is 35.8. The lowest BCUT2D eigenvalue weighted by molar-refractivity contribution is 0.0769. The maximum atomic E-state index is 14.8. The Hall–Kier alpha value is -4.24. The fourth-order valence-electron chi connectivity index (χ4n) is 4.57. The number of rotatable bonds is 6. The van der Waals surface area contributed by atoms with E-state index in [0.29, 0.717) is 45.3 Å². The lowest BCUT2D eigenvalue weighted by Crippen LogP contribution is -2.50. The van der Waals surface area contributed by atoms with E-state index < -0.39 is 17.5 Å². The number of nitrogens with zero attached hydrogens (tertiary/aromatic N) is 3. The van der Waals surface area contributed by atoms with Crippen LogP contribution in [0, 0.1) is 18.6 Å². The number of primary amides is 1. The van der Waals surface area contributed by atoms with Gasteiger partial charge in [0.05, 0.1) is 11.1 Å². The third-order valence-corrected chi connectivity index (χ3v) is 6.57. The lowest BCUT2D eigenvalue weighted by Gasteiger charge is -2.32. The summed E-state index contributed by atoms with van der Waals surface area (Å²) in [6.45, 7) is 3.18. The number of carbonyl (C=O) groups is 2. The molecule has 1 saturated heterocycles. The van der Waals surface area contributed by atoms with Crippen LogP contribution in [0.15, 0.2) is 54.7 Å². The minimum absolute atomic E-state index is 0.0735. The Morgan fingerprint density at radius 3 is 2.57 bits per heavy atom. The molecule has 2 amide bonds. The molecular formula is C28H25F2N5O2. The van der Waals surface area contributed by atoms with Gasteiger partial charge in [-0.2, -0.15) is 0 Å². The number of hydrogen-bond donors (Lipinski definition) is 2. The SMILES string of the molecule is Cc1cc(F)cc(-c2cnc3ccc(-c4nc(C(N)=O)ccc4F)cc3c2C(=O)N(C)C[C@@H]2CCN2)c1. The van der Waals surface area contributed by atoms with Crippen LogP contribution in [0.1, 0.15) is 32.8 Å². The lowest BCUT2D eigenvalue weighted by atomic mass is 9.94. The summed E-state index contributed by atoms with van der Waals surface area (Å²) >= 11 is 0. The highest BCUT2D eigenvalue weighted by Crippen LogP contribution is 2.34. The van der Waals surface area contributed by atoms with E-state index >= 15 is 0 Å². The molecule has 2 aromatic carbocycles. The number of halogens is 2. The molecule has 7 nitrogen and oxygen atoms in total. The number of likely N-dealkylation sites (N-methyl/N-ethyl adjacent to an activating group) is 1. The third-order valence-electron chi connectivity index (χ3n) is 6.57. The van der Waals surface area contributed by atoms with Crippen LogP contribution in [0.4, 0.5) is 8.78 Å². The molecule has 0 aliphatic carbocycles. The van der Waals surface area contributed by atoms with E-state index in [4.69, 9.17) is 5.73 Å². The predicted octanol–water partition coefficient (Wildman–Crippen LogP) is 4.08. The van der Waals surface area contributed by atoms with Crippen LogP contribution in [-0.4, -0.2) is 52.9 Å². The van der Waals surface area contributed by atoms with E-state index in [1.165, 1.54) is 18.2 Å². The molecular weight excluding hydrogens is 476 g/mol. The predicted molar refractivity (Wildman–Crippen MR) is 137 cm³/mol. The first-order valence-corrected chi connectivity index (χ1v) is 11.9. The quantitative estimate of drug-likeness (QED) is 0.415. The van der Waals surface area contributed by atoms with Crippen LogP contribution in [0.3, 0.4) is 0 Å². The number of nitrogens with one attached hydrogen (secondary N) is 1. The molecule has 188 valence electrons. The van der Waals surface area contributed by atoms with E-state index in [2.05, 4.69) is 15.3 Å².